The van der Waals surface area contributed by atoms with E-state index in [2.05, 4.69) is 18.0 Å². The van der Waals surface area contributed by atoms with Gasteiger partial charge in [-0.25, -0.2) is 0 Å². The number of phenols is 1. The van der Waals surface area contributed by atoms with Crippen LogP contribution in [0.2, 0.25) is 0 Å². The Morgan fingerprint density at radius 3 is 2.56 bits per heavy atom. The molecule has 0 saturated carbocycles. The van der Waals surface area contributed by atoms with Gasteiger partial charge in [-0.1, -0.05) is 0 Å². The maximum atomic E-state index is 12.0. The van der Waals surface area contributed by atoms with Gasteiger partial charge in [0, 0.05) is 37.8 Å². The van der Waals surface area contributed by atoms with Crippen molar-refractivity contribution in [3.05, 3.63) is 29.8 Å². The largest absolute Gasteiger partial charge is 0.507 e. The van der Waals surface area contributed by atoms with E-state index in [-0.39, 0.29) is 11.7 Å². The Hall–Kier alpha value is -1.55. The summed E-state index contributed by atoms with van der Waals surface area (Å²) >= 11 is 0. The van der Waals surface area contributed by atoms with E-state index in [0.717, 1.165) is 26.2 Å². The molecular formula is C12H15N2O2. The van der Waals surface area contributed by atoms with Crippen LogP contribution in [0.4, 0.5) is 0 Å². The van der Waals surface area contributed by atoms with Crippen molar-refractivity contribution in [2.45, 2.75) is 0 Å². The summed E-state index contributed by atoms with van der Waals surface area (Å²) in [5.74, 6) is 0.0827. The first kappa shape index (κ1) is 11.0. The molecule has 1 amide bonds. The molecule has 1 aromatic carbocycles. The molecule has 0 bridgehead atoms. The standard InChI is InChI=1S/C12H15N2O2/c1-13-6-8-14(9-7-13)12(16)10-2-4-11(15)5-3-10/h2-4,15H,6-9H2,1H3. The second kappa shape index (κ2) is 4.53. The lowest BCUT2D eigenvalue weighted by atomic mass is 10.2. The van der Waals surface area contributed by atoms with E-state index in [1.807, 2.05) is 4.90 Å². The first-order valence-electron chi connectivity index (χ1n) is 5.35. The summed E-state index contributed by atoms with van der Waals surface area (Å²) in [6.45, 7) is 3.34. The van der Waals surface area contributed by atoms with Crippen molar-refractivity contribution >= 4 is 5.91 Å². The van der Waals surface area contributed by atoms with Crippen LogP contribution in [-0.2, 0) is 0 Å². The number of piperazine rings is 1. The second-order valence-electron chi connectivity index (χ2n) is 4.06. The Balaban J connectivity index is 2.05. The zero-order chi connectivity index (χ0) is 11.5. The number of rotatable bonds is 1. The Labute approximate surface area is 95.1 Å². The molecule has 1 aliphatic rings. The lowest BCUT2D eigenvalue weighted by Crippen LogP contribution is -2.47. The third-order valence-corrected chi connectivity index (χ3v) is 2.83. The zero-order valence-corrected chi connectivity index (χ0v) is 9.31. The van der Waals surface area contributed by atoms with E-state index in [4.69, 9.17) is 5.11 Å². The summed E-state index contributed by atoms with van der Waals surface area (Å²) in [5, 5.41) is 9.10. The fraction of sp³-hybridized carbons (Fsp3) is 0.417. The first-order chi connectivity index (χ1) is 7.66. The third kappa shape index (κ3) is 2.33. The summed E-state index contributed by atoms with van der Waals surface area (Å²) in [4.78, 5) is 16.1. The third-order valence-electron chi connectivity index (χ3n) is 2.83. The fourth-order valence-electron chi connectivity index (χ4n) is 1.74. The number of benzene rings is 1. The van der Waals surface area contributed by atoms with Gasteiger partial charge in [0.15, 0.2) is 0 Å². The van der Waals surface area contributed by atoms with Gasteiger partial charge in [-0.2, -0.15) is 0 Å². The van der Waals surface area contributed by atoms with Crippen LogP contribution in [-0.4, -0.2) is 54.0 Å². The number of likely N-dealkylation sites (N-methyl/N-ethyl adjacent to an activating group) is 1. The summed E-state index contributed by atoms with van der Waals surface area (Å²) in [7, 11) is 2.05. The van der Waals surface area contributed by atoms with Crippen LogP contribution in [0.25, 0.3) is 0 Å². The average Bonchev–Trinajstić information content (AvgIpc) is 2.30. The Bertz CT molecular complexity index is 367. The molecule has 4 nitrogen and oxygen atoms in total. The molecule has 1 saturated heterocycles. The Kier molecular flexibility index (Phi) is 3.10. The highest BCUT2D eigenvalue weighted by atomic mass is 16.3. The fourth-order valence-corrected chi connectivity index (χ4v) is 1.74. The highest BCUT2D eigenvalue weighted by molar-refractivity contribution is 5.94. The van der Waals surface area contributed by atoms with Crippen molar-refractivity contribution in [3.8, 4) is 5.75 Å². The molecule has 1 heterocycles. The molecule has 4 heteroatoms. The number of carbonyl (C=O) groups is 1. The van der Waals surface area contributed by atoms with Gasteiger partial charge in [0.1, 0.15) is 5.75 Å². The monoisotopic (exact) mass is 219 g/mol. The molecule has 1 aromatic rings. The van der Waals surface area contributed by atoms with E-state index in [0.29, 0.717) is 5.56 Å². The maximum Gasteiger partial charge on any atom is 0.253 e. The molecule has 1 N–H and O–H groups in total. The molecular weight excluding hydrogens is 204 g/mol. The first-order valence-corrected chi connectivity index (χ1v) is 5.35. The summed E-state index contributed by atoms with van der Waals surface area (Å²) in [6, 6.07) is 7.28. The van der Waals surface area contributed by atoms with E-state index in [1.165, 1.54) is 12.1 Å². The van der Waals surface area contributed by atoms with Crippen LogP contribution in [0.1, 0.15) is 10.4 Å². The van der Waals surface area contributed by atoms with Crippen LogP contribution in [0.5, 0.6) is 5.75 Å². The molecule has 0 atom stereocenters. The van der Waals surface area contributed by atoms with Crippen molar-refractivity contribution in [3.63, 3.8) is 0 Å². The normalized spacial score (nSPS) is 17.4. The minimum atomic E-state index is 0.0179. The number of hydrogen-bond acceptors (Lipinski definition) is 3. The number of carbonyl (C=O) groups excluding carboxylic acids is 1. The predicted molar refractivity (Wildman–Crippen MR) is 60.3 cm³/mol. The smallest absolute Gasteiger partial charge is 0.253 e. The average molecular weight is 219 g/mol. The number of hydrogen-bond donors (Lipinski definition) is 1. The van der Waals surface area contributed by atoms with Gasteiger partial charge in [0.2, 0.25) is 0 Å². The van der Waals surface area contributed by atoms with Crippen LogP contribution in [0.3, 0.4) is 0 Å². The Morgan fingerprint density at radius 1 is 1.31 bits per heavy atom. The molecule has 85 valence electrons. The molecule has 1 aliphatic heterocycles. The number of aromatic hydroxyl groups is 1. The highest BCUT2D eigenvalue weighted by Crippen LogP contribution is 2.12. The topological polar surface area (TPSA) is 43.8 Å². The summed E-state index contributed by atoms with van der Waals surface area (Å²) < 4.78 is 0. The van der Waals surface area contributed by atoms with Crippen molar-refractivity contribution in [2.75, 3.05) is 33.2 Å². The van der Waals surface area contributed by atoms with E-state index in [1.54, 1.807) is 6.07 Å². The van der Waals surface area contributed by atoms with E-state index < -0.39 is 0 Å². The maximum absolute atomic E-state index is 12.0. The molecule has 16 heavy (non-hydrogen) atoms. The molecule has 0 unspecified atom stereocenters. The number of amides is 1. The summed E-state index contributed by atoms with van der Waals surface area (Å²) in [5.41, 5.74) is 0.586. The van der Waals surface area contributed by atoms with E-state index >= 15 is 0 Å². The Morgan fingerprint density at radius 2 is 2.00 bits per heavy atom. The van der Waals surface area contributed by atoms with Crippen molar-refractivity contribution in [2.24, 2.45) is 0 Å². The molecule has 1 fully saturated rings. The number of phenolic OH excluding ortho intramolecular Hbond substituents is 1. The molecule has 1 radical (unpaired) electrons. The minimum absolute atomic E-state index is 0.0179. The van der Waals surface area contributed by atoms with Gasteiger partial charge < -0.3 is 14.9 Å². The SMILES string of the molecule is CN1CCN(C(=O)c2c[c]c(O)cc2)CC1. The van der Waals surface area contributed by atoms with Gasteiger partial charge in [0.25, 0.3) is 5.91 Å². The number of nitrogens with zero attached hydrogens (tertiary/aromatic N) is 2. The van der Waals surface area contributed by atoms with Crippen LogP contribution >= 0.6 is 0 Å². The highest BCUT2D eigenvalue weighted by Gasteiger charge is 2.19. The van der Waals surface area contributed by atoms with Gasteiger partial charge in [0.05, 0.1) is 0 Å². The molecule has 0 spiro atoms. The summed E-state index contributed by atoms with van der Waals surface area (Å²) in [6.07, 6.45) is 0. The molecule has 0 aliphatic carbocycles. The van der Waals surface area contributed by atoms with Gasteiger partial charge in [-0.3, -0.25) is 4.79 Å². The lowest BCUT2D eigenvalue weighted by Gasteiger charge is -2.32. The van der Waals surface area contributed by atoms with Crippen LogP contribution in [0.15, 0.2) is 18.2 Å². The zero-order valence-electron chi connectivity index (χ0n) is 9.31. The second-order valence-corrected chi connectivity index (χ2v) is 4.06. The quantitative estimate of drug-likeness (QED) is 0.751. The van der Waals surface area contributed by atoms with Gasteiger partial charge in [-0.05, 0) is 25.2 Å². The lowest BCUT2D eigenvalue weighted by molar-refractivity contribution is 0.0664. The van der Waals surface area contributed by atoms with Gasteiger partial charge in [-0.15, -0.1) is 0 Å². The van der Waals surface area contributed by atoms with E-state index in [9.17, 15) is 4.79 Å². The predicted octanol–water partition coefficient (Wildman–Crippen LogP) is 0.580. The van der Waals surface area contributed by atoms with Crippen molar-refractivity contribution < 1.29 is 9.90 Å². The van der Waals surface area contributed by atoms with Crippen molar-refractivity contribution in [1.29, 1.82) is 0 Å². The van der Waals surface area contributed by atoms with Gasteiger partial charge >= 0.3 is 0 Å². The van der Waals surface area contributed by atoms with Crippen molar-refractivity contribution in [1.82, 2.24) is 9.80 Å². The van der Waals surface area contributed by atoms with Crippen LogP contribution < -0.4 is 0 Å². The minimum Gasteiger partial charge on any atom is -0.507 e. The molecule has 0 aromatic heterocycles. The van der Waals surface area contributed by atoms with Crippen LogP contribution in [0, 0.1) is 6.07 Å². The molecule has 2 rings (SSSR count).